The monoisotopic (exact) mass is 325 g/mol. The summed E-state index contributed by atoms with van der Waals surface area (Å²) in [7, 11) is 1.50. The summed E-state index contributed by atoms with van der Waals surface area (Å²) in [5.74, 6) is -0.383. The Morgan fingerprint density at radius 3 is 2.12 bits per heavy atom. The lowest BCUT2D eigenvalue weighted by molar-refractivity contribution is -0.130. The minimum absolute atomic E-state index is 0.134. The van der Waals surface area contributed by atoms with Crippen molar-refractivity contribution in [1.82, 2.24) is 5.32 Å². The van der Waals surface area contributed by atoms with Gasteiger partial charge < -0.3 is 15.2 Å². The lowest BCUT2D eigenvalue weighted by atomic mass is 9.97. The van der Waals surface area contributed by atoms with Crippen molar-refractivity contribution in [3.05, 3.63) is 84.1 Å². The van der Waals surface area contributed by atoms with Gasteiger partial charge in [0.1, 0.15) is 0 Å². The van der Waals surface area contributed by atoms with Crippen LogP contribution in [0, 0.1) is 5.92 Å². The molecule has 0 aliphatic heterocycles. The summed E-state index contributed by atoms with van der Waals surface area (Å²) in [6.45, 7) is 1.89. The van der Waals surface area contributed by atoms with E-state index >= 15 is 0 Å². The third-order valence-electron chi connectivity index (χ3n) is 3.84. The number of hydrogen-bond donors (Lipinski definition) is 2. The summed E-state index contributed by atoms with van der Waals surface area (Å²) in [5, 5.41) is 13.0. The Morgan fingerprint density at radius 1 is 1.04 bits per heavy atom. The largest absolute Gasteiger partial charge is 0.388 e. The Kier molecular flexibility index (Phi) is 6.73. The van der Waals surface area contributed by atoms with Crippen LogP contribution in [-0.2, 0) is 9.53 Å². The van der Waals surface area contributed by atoms with E-state index in [1.807, 2.05) is 67.6 Å². The molecule has 0 unspecified atom stereocenters. The van der Waals surface area contributed by atoms with Crippen LogP contribution >= 0.6 is 0 Å². The van der Waals surface area contributed by atoms with Gasteiger partial charge in [0.05, 0.1) is 6.10 Å². The van der Waals surface area contributed by atoms with E-state index in [4.69, 9.17) is 4.74 Å². The summed E-state index contributed by atoms with van der Waals surface area (Å²) >= 11 is 0. The van der Waals surface area contributed by atoms with Gasteiger partial charge in [-0.1, -0.05) is 73.7 Å². The number of methoxy groups -OCH3 is 1. The maximum Gasteiger partial charge on any atom is 0.257 e. The van der Waals surface area contributed by atoms with Crippen LogP contribution in [0.25, 0.3) is 0 Å². The molecular formula is C20H23NO3. The average molecular weight is 325 g/mol. The van der Waals surface area contributed by atoms with Crippen LogP contribution in [0.5, 0.6) is 0 Å². The quantitative estimate of drug-likeness (QED) is 0.820. The number of carbonyl (C=O) groups excluding carboxylic acids is 1. The van der Waals surface area contributed by atoms with E-state index in [9.17, 15) is 9.90 Å². The van der Waals surface area contributed by atoms with Gasteiger partial charge in [-0.2, -0.15) is 0 Å². The molecule has 2 rings (SSSR count). The van der Waals surface area contributed by atoms with Crippen LogP contribution in [0.4, 0.5) is 0 Å². The first-order valence-corrected chi connectivity index (χ1v) is 7.91. The first-order chi connectivity index (χ1) is 11.6. The van der Waals surface area contributed by atoms with E-state index in [1.165, 1.54) is 7.11 Å². The van der Waals surface area contributed by atoms with Gasteiger partial charge >= 0.3 is 0 Å². The first kappa shape index (κ1) is 17.9. The molecule has 0 heterocycles. The van der Waals surface area contributed by atoms with Gasteiger partial charge in [-0.25, -0.2) is 0 Å². The zero-order chi connectivity index (χ0) is 17.4. The lowest BCUT2D eigenvalue weighted by Crippen LogP contribution is -2.26. The molecule has 0 aromatic heterocycles. The van der Waals surface area contributed by atoms with Gasteiger partial charge in [0.2, 0.25) is 0 Å². The molecule has 0 aliphatic rings. The van der Waals surface area contributed by atoms with Crippen LogP contribution in [0.3, 0.4) is 0 Å². The lowest BCUT2D eigenvalue weighted by Gasteiger charge is -2.16. The minimum Gasteiger partial charge on any atom is -0.388 e. The van der Waals surface area contributed by atoms with Gasteiger partial charge in [-0.15, -0.1) is 0 Å². The maximum atomic E-state index is 12.2. The van der Waals surface area contributed by atoms with E-state index in [2.05, 4.69) is 5.32 Å². The number of aliphatic hydroxyl groups is 1. The predicted molar refractivity (Wildman–Crippen MR) is 94.0 cm³/mol. The molecule has 0 radical (unpaired) electrons. The molecule has 0 spiro atoms. The highest BCUT2D eigenvalue weighted by molar-refractivity contribution is 5.83. The summed E-state index contributed by atoms with van der Waals surface area (Å²) < 4.78 is 5.28. The molecule has 0 saturated carbocycles. The number of ether oxygens (including phenoxy) is 1. The molecule has 2 N–H and O–H groups in total. The molecule has 24 heavy (non-hydrogen) atoms. The summed E-state index contributed by atoms with van der Waals surface area (Å²) in [5.41, 5.74) is 1.64. The van der Waals surface area contributed by atoms with Crippen molar-refractivity contribution in [1.29, 1.82) is 0 Å². The smallest absolute Gasteiger partial charge is 0.257 e. The fraction of sp³-hybridized carbons (Fsp3) is 0.250. The summed E-state index contributed by atoms with van der Waals surface area (Å²) in [4.78, 5) is 12.2. The standard InChI is InChI=1S/C20H23NO3/c1-15(18(22)16-9-5-3-6-10-16)13-14-21-20(23)19(24-2)17-11-7-4-8-12-17/h3-15,18-19,22H,1-2H3,(H,21,23)/b14-13-/t15-,18-,19-/m0/s1. The van der Waals surface area contributed by atoms with Gasteiger partial charge in [0, 0.05) is 19.2 Å². The van der Waals surface area contributed by atoms with Crippen molar-refractivity contribution in [2.75, 3.05) is 7.11 Å². The second-order valence-electron chi connectivity index (χ2n) is 5.61. The molecule has 4 nitrogen and oxygen atoms in total. The first-order valence-electron chi connectivity index (χ1n) is 7.91. The molecule has 3 atom stereocenters. The Labute approximate surface area is 142 Å². The van der Waals surface area contributed by atoms with E-state index in [1.54, 1.807) is 12.3 Å². The number of nitrogens with one attached hydrogen (secondary N) is 1. The highest BCUT2D eigenvalue weighted by Crippen LogP contribution is 2.22. The van der Waals surface area contributed by atoms with E-state index < -0.39 is 12.2 Å². The van der Waals surface area contributed by atoms with Gasteiger partial charge in [-0.3, -0.25) is 4.79 Å². The Morgan fingerprint density at radius 2 is 1.58 bits per heavy atom. The van der Waals surface area contributed by atoms with Gasteiger partial charge in [-0.05, 0) is 11.1 Å². The number of aliphatic hydroxyl groups excluding tert-OH is 1. The van der Waals surface area contributed by atoms with Crippen molar-refractivity contribution in [3.8, 4) is 0 Å². The van der Waals surface area contributed by atoms with Crippen LogP contribution in [-0.4, -0.2) is 18.1 Å². The number of amides is 1. The molecule has 2 aromatic carbocycles. The number of carbonyl (C=O) groups is 1. The number of benzene rings is 2. The number of hydrogen-bond acceptors (Lipinski definition) is 3. The Bertz CT molecular complexity index is 655. The molecule has 0 saturated heterocycles. The van der Waals surface area contributed by atoms with E-state index in [0.29, 0.717) is 0 Å². The van der Waals surface area contributed by atoms with Crippen molar-refractivity contribution in [2.24, 2.45) is 5.92 Å². The third-order valence-corrected chi connectivity index (χ3v) is 3.84. The molecule has 1 amide bonds. The molecule has 0 aliphatic carbocycles. The van der Waals surface area contributed by atoms with Crippen molar-refractivity contribution < 1.29 is 14.6 Å². The Hall–Kier alpha value is -2.43. The van der Waals surface area contributed by atoms with E-state index in [0.717, 1.165) is 11.1 Å². The van der Waals surface area contributed by atoms with Gasteiger partial charge in [0.15, 0.2) is 6.10 Å². The molecule has 2 aromatic rings. The number of rotatable bonds is 7. The van der Waals surface area contributed by atoms with Crippen LogP contribution in [0.2, 0.25) is 0 Å². The predicted octanol–water partition coefficient (Wildman–Crippen LogP) is 3.37. The van der Waals surface area contributed by atoms with Gasteiger partial charge in [0.25, 0.3) is 5.91 Å². The zero-order valence-electron chi connectivity index (χ0n) is 13.9. The molecule has 0 fully saturated rings. The molecule has 4 heteroatoms. The fourth-order valence-corrected chi connectivity index (χ4v) is 2.44. The minimum atomic E-state index is -0.662. The highest BCUT2D eigenvalue weighted by Gasteiger charge is 2.19. The van der Waals surface area contributed by atoms with Crippen molar-refractivity contribution in [2.45, 2.75) is 19.1 Å². The summed E-state index contributed by atoms with van der Waals surface area (Å²) in [6, 6.07) is 18.8. The topological polar surface area (TPSA) is 58.6 Å². The fourth-order valence-electron chi connectivity index (χ4n) is 2.44. The van der Waals surface area contributed by atoms with Crippen molar-refractivity contribution in [3.63, 3.8) is 0 Å². The highest BCUT2D eigenvalue weighted by atomic mass is 16.5. The van der Waals surface area contributed by atoms with Crippen LogP contribution in [0.1, 0.15) is 30.3 Å². The third kappa shape index (κ3) is 4.78. The zero-order valence-corrected chi connectivity index (χ0v) is 13.9. The molecule has 0 bridgehead atoms. The molecular weight excluding hydrogens is 302 g/mol. The second kappa shape index (κ2) is 9.01. The molecule has 126 valence electrons. The second-order valence-corrected chi connectivity index (χ2v) is 5.61. The normalized spacial score (nSPS) is 15.0. The van der Waals surface area contributed by atoms with Crippen LogP contribution < -0.4 is 5.32 Å². The SMILES string of the molecule is CO[C@H](C(=O)N/C=C\[C@H](C)[C@H](O)c1ccccc1)c1ccccc1. The maximum absolute atomic E-state index is 12.2. The Balaban J connectivity index is 1.93. The van der Waals surface area contributed by atoms with Crippen LogP contribution in [0.15, 0.2) is 72.9 Å². The summed E-state index contributed by atoms with van der Waals surface area (Å²) in [6.07, 6.45) is 2.05. The average Bonchev–Trinajstić information content (AvgIpc) is 2.63. The van der Waals surface area contributed by atoms with E-state index in [-0.39, 0.29) is 11.8 Å². The van der Waals surface area contributed by atoms with Crippen molar-refractivity contribution >= 4 is 5.91 Å².